The summed E-state index contributed by atoms with van der Waals surface area (Å²) < 4.78 is 31.9. The maximum absolute atomic E-state index is 13.4. The van der Waals surface area contributed by atoms with E-state index in [0.717, 1.165) is 12.1 Å². The van der Waals surface area contributed by atoms with Crippen molar-refractivity contribution in [3.8, 4) is 5.75 Å². The number of rotatable bonds is 3. The summed E-state index contributed by atoms with van der Waals surface area (Å²) in [5, 5.41) is 2.77. The van der Waals surface area contributed by atoms with Crippen molar-refractivity contribution in [3.63, 3.8) is 0 Å². The second kappa shape index (κ2) is 6.40. The Bertz CT molecular complexity index is 883. The summed E-state index contributed by atoms with van der Waals surface area (Å²) in [5.41, 5.74) is -0.0788. The number of ether oxygens (including phenoxy) is 1. The van der Waals surface area contributed by atoms with Gasteiger partial charge in [0.2, 0.25) is 5.91 Å². The maximum atomic E-state index is 13.4. The first kappa shape index (κ1) is 17.8. The maximum Gasteiger partial charge on any atom is 0.268 e. The highest BCUT2D eigenvalue weighted by Crippen LogP contribution is 2.37. The number of carbonyl (C=O) groups excluding carboxylic acids is 2. The van der Waals surface area contributed by atoms with Crippen LogP contribution in [0, 0.1) is 11.6 Å². The predicted molar refractivity (Wildman–Crippen MR) is 93.1 cm³/mol. The van der Waals surface area contributed by atoms with Crippen molar-refractivity contribution in [2.24, 2.45) is 0 Å². The van der Waals surface area contributed by atoms with Crippen molar-refractivity contribution in [2.45, 2.75) is 32.4 Å². The molecule has 0 saturated carbocycles. The Labute approximate surface area is 149 Å². The average Bonchev–Trinajstić information content (AvgIpc) is 2.58. The van der Waals surface area contributed by atoms with E-state index in [1.165, 1.54) is 17.9 Å². The standard InChI is InChI=1S/C19H18F2N2O3/c1-11(26-12-8-9-13(20)14(21)10-12)17(24)23-16-7-5-4-6-15(16)22-18(25)19(23,2)3/h4-11H,1-3H3,(H,22,25)/t11-/m0/s1. The van der Waals surface area contributed by atoms with Gasteiger partial charge in [0.1, 0.15) is 11.3 Å². The van der Waals surface area contributed by atoms with Gasteiger partial charge in [0.25, 0.3) is 5.91 Å². The third-order valence-corrected chi connectivity index (χ3v) is 4.28. The summed E-state index contributed by atoms with van der Waals surface area (Å²) >= 11 is 0. The summed E-state index contributed by atoms with van der Waals surface area (Å²) in [6.07, 6.45) is -1.02. The van der Waals surface area contributed by atoms with Gasteiger partial charge in [-0.05, 0) is 45.0 Å². The molecule has 0 spiro atoms. The number of para-hydroxylation sites is 2. The molecule has 0 saturated heterocycles. The van der Waals surface area contributed by atoms with E-state index in [-0.39, 0.29) is 11.7 Å². The molecule has 1 aliphatic heterocycles. The predicted octanol–water partition coefficient (Wildman–Crippen LogP) is 3.50. The fourth-order valence-corrected chi connectivity index (χ4v) is 2.83. The lowest BCUT2D eigenvalue weighted by Crippen LogP contribution is -2.60. The first-order valence-electron chi connectivity index (χ1n) is 8.08. The molecule has 0 aliphatic carbocycles. The SMILES string of the molecule is C[C@H](Oc1ccc(F)c(F)c1)C(=O)N1c2ccccc2NC(=O)C1(C)C. The Hall–Kier alpha value is -2.96. The zero-order valence-electron chi connectivity index (χ0n) is 14.5. The van der Waals surface area contributed by atoms with Crippen LogP contribution in [0.2, 0.25) is 0 Å². The van der Waals surface area contributed by atoms with Crippen molar-refractivity contribution < 1.29 is 23.1 Å². The number of carbonyl (C=O) groups is 2. The number of fused-ring (bicyclic) bond motifs is 1. The van der Waals surface area contributed by atoms with Crippen molar-refractivity contribution in [1.82, 2.24) is 0 Å². The van der Waals surface area contributed by atoms with E-state index in [0.29, 0.717) is 11.4 Å². The lowest BCUT2D eigenvalue weighted by molar-refractivity contribution is -0.130. The van der Waals surface area contributed by atoms with Gasteiger partial charge in [-0.25, -0.2) is 8.78 Å². The molecule has 2 aromatic carbocycles. The molecule has 5 nitrogen and oxygen atoms in total. The highest BCUT2D eigenvalue weighted by Gasteiger charge is 2.45. The van der Waals surface area contributed by atoms with E-state index in [4.69, 9.17) is 4.74 Å². The van der Waals surface area contributed by atoms with Gasteiger partial charge in [0, 0.05) is 6.07 Å². The summed E-state index contributed by atoms with van der Waals surface area (Å²) in [5.74, 6) is -2.84. The fourth-order valence-electron chi connectivity index (χ4n) is 2.83. The van der Waals surface area contributed by atoms with Crippen LogP contribution in [0.3, 0.4) is 0 Å². The monoisotopic (exact) mass is 360 g/mol. The molecule has 3 rings (SSSR count). The van der Waals surface area contributed by atoms with Gasteiger partial charge in [0.15, 0.2) is 17.7 Å². The van der Waals surface area contributed by atoms with Crippen molar-refractivity contribution in [2.75, 3.05) is 10.2 Å². The van der Waals surface area contributed by atoms with Gasteiger partial charge in [-0.1, -0.05) is 12.1 Å². The fraction of sp³-hybridized carbons (Fsp3) is 0.263. The number of hydrogen-bond acceptors (Lipinski definition) is 3. The van der Waals surface area contributed by atoms with Gasteiger partial charge in [-0.3, -0.25) is 14.5 Å². The smallest absolute Gasteiger partial charge is 0.268 e. The number of halogens is 2. The number of hydrogen-bond donors (Lipinski definition) is 1. The first-order chi connectivity index (χ1) is 12.2. The highest BCUT2D eigenvalue weighted by molar-refractivity contribution is 6.14. The minimum atomic E-state index is -1.14. The Morgan fingerprint density at radius 1 is 1.15 bits per heavy atom. The van der Waals surface area contributed by atoms with Gasteiger partial charge < -0.3 is 10.1 Å². The molecule has 0 radical (unpaired) electrons. The average molecular weight is 360 g/mol. The molecule has 1 atom stereocenters. The van der Waals surface area contributed by atoms with E-state index >= 15 is 0 Å². The van der Waals surface area contributed by atoms with Crippen molar-refractivity contribution >= 4 is 23.2 Å². The molecule has 2 amide bonds. The normalized spacial score (nSPS) is 16.5. The van der Waals surface area contributed by atoms with Gasteiger partial charge >= 0.3 is 0 Å². The molecule has 0 aromatic heterocycles. The van der Waals surface area contributed by atoms with Crippen LogP contribution in [0.15, 0.2) is 42.5 Å². The van der Waals surface area contributed by atoms with Crippen molar-refractivity contribution in [3.05, 3.63) is 54.1 Å². The molecular formula is C19H18F2N2O3. The summed E-state index contributed by atoms with van der Waals surface area (Å²) in [6, 6.07) is 9.97. The number of anilines is 2. The third-order valence-electron chi connectivity index (χ3n) is 4.28. The number of benzene rings is 2. The number of amides is 2. The van der Waals surface area contributed by atoms with E-state index in [1.807, 2.05) is 0 Å². The Kier molecular flexibility index (Phi) is 4.39. The lowest BCUT2D eigenvalue weighted by Gasteiger charge is -2.42. The molecular weight excluding hydrogens is 342 g/mol. The van der Waals surface area contributed by atoms with Gasteiger partial charge in [-0.15, -0.1) is 0 Å². The van der Waals surface area contributed by atoms with Gasteiger partial charge in [0.05, 0.1) is 11.4 Å². The quantitative estimate of drug-likeness (QED) is 0.911. The summed E-state index contributed by atoms with van der Waals surface area (Å²) in [4.78, 5) is 26.8. The van der Waals surface area contributed by atoms with Crippen molar-refractivity contribution in [1.29, 1.82) is 0 Å². The third kappa shape index (κ3) is 3.00. The number of nitrogens with one attached hydrogen (secondary N) is 1. The first-order valence-corrected chi connectivity index (χ1v) is 8.08. The second-order valence-corrected chi connectivity index (χ2v) is 6.54. The molecule has 136 valence electrons. The Balaban J connectivity index is 1.91. The molecule has 0 fully saturated rings. The van der Waals surface area contributed by atoms with Gasteiger partial charge in [-0.2, -0.15) is 0 Å². The zero-order valence-corrected chi connectivity index (χ0v) is 14.5. The van der Waals surface area contributed by atoms with Crippen LogP contribution in [-0.4, -0.2) is 23.5 Å². The second-order valence-electron chi connectivity index (χ2n) is 6.54. The Morgan fingerprint density at radius 2 is 1.85 bits per heavy atom. The minimum absolute atomic E-state index is 0.0253. The van der Waals surface area contributed by atoms with E-state index in [2.05, 4.69) is 5.32 Å². The molecule has 1 heterocycles. The molecule has 1 aliphatic rings. The topological polar surface area (TPSA) is 58.6 Å². The molecule has 0 unspecified atom stereocenters. The molecule has 0 bridgehead atoms. The van der Waals surface area contributed by atoms with E-state index in [1.54, 1.807) is 38.1 Å². The molecule has 1 N–H and O–H groups in total. The van der Waals surface area contributed by atoms with Crippen LogP contribution in [0.1, 0.15) is 20.8 Å². The Morgan fingerprint density at radius 3 is 2.54 bits per heavy atom. The zero-order chi connectivity index (χ0) is 19.1. The van der Waals surface area contributed by atoms with E-state index < -0.39 is 29.2 Å². The van der Waals surface area contributed by atoms with E-state index in [9.17, 15) is 18.4 Å². The molecule has 7 heteroatoms. The van der Waals surface area contributed by atoms with Crippen LogP contribution in [0.5, 0.6) is 5.75 Å². The van der Waals surface area contributed by atoms with Crippen LogP contribution in [0.4, 0.5) is 20.2 Å². The van der Waals surface area contributed by atoms with Crippen LogP contribution in [0.25, 0.3) is 0 Å². The van der Waals surface area contributed by atoms with Crippen LogP contribution < -0.4 is 15.0 Å². The summed E-state index contributed by atoms with van der Waals surface area (Å²) in [6.45, 7) is 4.75. The van der Waals surface area contributed by atoms with Crippen LogP contribution in [-0.2, 0) is 9.59 Å². The minimum Gasteiger partial charge on any atom is -0.481 e. The molecule has 2 aromatic rings. The van der Waals surface area contributed by atoms with Crippen LogP contribution >= 0.6 is 0 Å². The number of nitrogens with zero attached hydrogens (tertiary/aromatic N) is 1. The molecule has 26 heavy (non-hydrogen) atoms. The lowest BCUT2D eigenvalue weighted by atomic mass is 9.95. The largest absolute Gasteiger partial charge is 0.481 e. The highest BCUT2D eigenvalue weighted by atomic mass is 19.2. The summed E-state index contributed by atoms with van der Waals surface area (Å²) in [7, 11) is 0.